The second-order valence-electron chi connectivity index (χ2n) is 4.76. The van der Waals surface area contributed by atoms with Gasteiger partial charge in [0, 0.05) is 25.2 Å². The molecule has 3 N–H and O–H groups in total. The van der Waals surface area contributed by atoms with E-state index in [0.717, 1.165) is 5.56 Å². The van der Waals surface area contributed by atoms with Gasteiger partial charge in [0.2, 0.25) is 5.91 Å². The summed E-state index contributed by atoms with van der Waals surface area (Å²) in [5, 5.41) is 8.50. The summed E-state index contributed by atoms with van der Waals surface area (Å²) in [5.74, 6) is -0.0245. The number of amides is 2. The van der Waals surface area contributed by atoms with Crippen molar-refractivity contribution < 1.29 is 14.0 Å². The average molecular weight is 338 g/mol. The number of anilines is 1. The molecule has 0 spiro atoms. The van der Waals surface area contributed by atoms with Crippen molar-refractivity contribution in [1.29, 1.82) is 0 Å². The third-order valence-corrected chi connectivity index (χ3v) is 3.05. The van der Waals surface area contributed by atoms with Crippen LogP contribution < -0.4 is 16.0 Å². The molecule has 0 aliphatic carbocycles. The average Bonchev–Trinajstić information content (AvgIpc) is 3.07. The number of nitrogens with one attached hydrogen (secondary N) is 3. The summed E-state index contributed by atoms with van der Waals surface area (Å²) in [7, 11) is 1.81. The molecule has 0 fully saturated rings. The molecule has 2 amide bonds. The third kappa shape index (κ3) is 6.14. The Morgan fingerprint density at radius 2 is 1.87 bits per heavy atom. The molecule has 0 aliphatic heterocycles. The number of rotatable bonds is 7. The SMILES string of the molecule is CNCCC(=O)NCc1ccc(NC(=O)c2ccco2)cc1.Cl. The maximum Gasteiger partial charge on any atom is 0.291 e. The van der Waals surface area contributed by atoms with Gasteiger partial charge in [-0.25, -0.2) is 0 Å². The fraction of sp³-hybridized carbons (Fsp3) is 0.250. The van der Waals surface area contributed by atoms with Crippen LogP contribution in [0.1, 0.15) is 22.5 Å². The first-order valence-electron chi connectivity index (χ1n) is 7.04. The fourth-order valence-electron chi connectivity index (χ4n) is 1.83. The van der Waals surface area contributed by atoms with E-state index >= 15 is 0 Å². The molecule has 2 rings (SSSR count). The van der Waals surface area contributed by atoms with Crippen molar-refractivity contribution in [1.82, 2.24) is 10.6 Å². The molecule has 1 aromatic carbocycles. The van der Waals surface area contributed by atoms with Crippen LogP contribution in [0.25, 0.3) is 0 Å². The van der Waals surface area contributed by atoms with Crippen molar-refractivity contribution in [3.8, 4) is 0 Å². The summed E-state index contributed by atoms with van der Waals surface area (Å²) < 4.78 is 5.02. The van der Waals surface area contributed by atoms with Crippen molar-refractivity contribution in [2.75, 3.05) is 18.9 Å². The van der Waals surface area contributed by atoms with Crippen molar-refractivity contribution in [2.24, 2.45) is 0 Å². The Kier molecular flexibility index (Phi) is 7.87. The van der Waals surface area contributed by atoms with Crippen LogP contribution in [0.2, 0.25) is 0 Å². The molecule has 0 bridgehead atoms. The first-order valence-corrected chi connectivity index (χ1v) is 7.04. The second kappa shape index (κ2) is 9.66. The topological polar surface area (TPSA) is 83.4 Å². The van der Waals surface area contributed by atoms with Crippen LogP contribution in [0.15, 0.2) is 47.1 Å². The molecule has 124 valence electrons. The number of carbonyl (C=O) groups is 2. The van der Waals surface area contributed by atoms with Gasteiger partial charge in [0.05, 0.1) is 6.26 Å². The lowest BCUT2D eigenvalue weighted by Crippen LogP contribution is -2.26. The molecule has 0 aliphatic rings. The predicted octanol–water partition coefficient (Wildman–Crippen LogP) is 2.18. The van der Waals surface area contributed by atoms with Crippen LogP contribution in [0, 0.1) is 0 Å². The molecule has 0 saturated carbocycles. The van der Waals surface area contributed by atoms with Crippen LogP contribution in [-0.2, 0) is 11.3 Å². The quantitative estimate of drug-likeness (QED) is 0.723. The van der Waals surface area contributed by atoms with Crippen LogP contribution in [-0.4, -0.2) is 25.4 Å². The van der Waals surface area contributed by atoms with E-state index in [0.29, 0.717) is 25.2 Å². The molecule has 0 atom stereocenters. The summed E-state index contributed by atoms with van der Waals surface area (Å²) in [5.41, 5.74) is 1.64. The second-order valence-corrected chi connectivity index (χ2v) is 4.76. The third-order valence-electron chi connectivity index (χ3n) is 3.05. The number of hydrogen-bond acceptors (Lipinski definition) is 4. The van der Waals surface area contributed by atoms with E-state index in [-0.39, 0.29) is 30.0 Å². The van der Waals surface area contributed by atoms with Gasteiger partial charge >= 0.3 is 0 Å². The van der Waals surface area contributed by atoms with Gasteiger partial charge in [0.1, 0.15) is 0 Å². The lowest BCUT2D eigenvalue weighted by atomic mass is 10.2. The minimum absolute atomic E-state index is 0. The van der Waals surface area contributed by atoms with E-state index in [1.54, 1.807) is 24.3 Å². The Morgan fingerprint density at radius 1 is 1.13 bits per heavy atom. The first kappa shape index (κ1) is 18.7. The Bertz CT molecular complexity index is 612. The molecule has 1 heterocycles. The van der Waals surface area contributed by atoms with Gasteiger partial charge in [-0.15, -0.1) is 12.4 Å². The molecule has 0 unspecified atom stereocenters. The van der Waals surface area contributed by atoms with Gasteiger partial charge in [0.15, 0.2) is 5.76 Å². The fourth-order valence-corrected chi connectivity index (χ4v) is 1.83. The predicted molar refractivity (Wildman–Crippen MR) is 90.7 cm³/mol. The van der Waals surface area contributed by atoms with Crippen LogP contribution in [0.4, 0.5) is 5.69 Å². The van der Waals surface area contributed by atoms with Crippen molar-refractivity contribution >= 4 is 29.9 Å². The highest BCUT2D eigenvalue weighted by Gasteiger charge is 2.08. The lowest BCUT2D eigenvalue weighted by molar-refractivity contribution is -0.121. The van der Waals surface area contributed by atoms with E-state index in [4.69, 9.17) is 4.42 Å². The zero-order valence-corrected chi connectivity index (χ0v) is 13.6. The van der Waals surface area contributed by atoms with Gasteiger partial charge in [0.25, 0.3) is 5.91 Å². The van der Waals surface area contributed by atoms with Gasteiger partial charge < -0.3 is 20.4 Å². The molecule has 7 heteroatoms. The zero-order valence-electron chi connectivity index (χ0n) is 12.8. The molecule has 23 heavy (non-hydrogen) atoms. The minimum Gasteiger partial charge on any atom is -0.459 e. The maximum absolute atomic E-state index is 11.8. The van der Waals surface area contributed by atoms with E-state index < -0.39 is 0 Å². The van der Waals surface area contributed by atoms with E-state index in [1.165, 1.54) is 6.26 Å². The number of halogens is 1. The summed E-state index contributed by atoms with van der Waals surface area (Å²) in [6.07, 6.45) is 1.91. The Hall–Kier alpha value is -2.31. The van der Waals surface area contributed by atoms with Crippen molar-refractivity contribution in [3.63, 3.8) is 0 Å². The summed E-state index contributed by atoms with van der Waals surface area (Å²) in [4.78, 5) is 23.3. The maximum atomic E-state index is 11.8. The smallest absolute Gasteiger partial charge is 0.291 e. The number of furan rings is 1. The van der Waals surface area contributed by atoms with Gasteiger partial charge in [-0.05, 0) is 36.9 Å². The standard InChI is InChI=1S/C16H19N3O3.ClH/c1-17-9-8-15(20)18-11-12-4-6-13(7-5-12)19-16(21)14-3-2-10-22-14;/h2-7,10,17H,8-9,11H2,1H3,(H,18,20)(H,19,21);1H. The van der Waals surface area contributed by atoms with Gasteiger partial charge in [-0.3, -0.25) is 9.59 Å². The monoisotopic (exact) mass is 337 g/mol. The normalized spacial score (nSPS) is 9.78. The highest BCUT2D eigenvalue weighted by Crippen LogP contribution is 2.11. The number of carbonyl (C=O) groups excluding carboxylic acids is 2. The Balaban J connectivity index is 0.00000264. The molecule has 1 aromatic heterocycles. The van der Waals surface area contributed by atoms with Gasteiger partial charge in [-0.1, -0.05) is 12.1 Å². The lowest BCUT2D eigenvalue weighted by Gasteiger charge is -2.07. The number of hydrogen-bond donors (Lipinski definition) is 3. The van der Waals surface area contributed by atoms with Crippen LogP contribution in [0.3, 0.4) is 0 Å². The van der Waals surface area contributed by atoms with Crippen LogP contribution >= 0.6 is 12.4 Å². The molecule has 6 nitrogen and oxygen atoms in total. The highest BCUT2D eigenvalue weighted by molar-refractivity contribution is 6.02. The Morgan fingerprint density at radius 3 is 2.48 bits per heavy atom. The molecular weight excluding hydrogens is 318 g/mol. The molecule has 2 aromatic rings. The van der Waals surface area contributed by atoms with E-state index in [9.17, 15) is 9.59 Å². The molecular formula is C16H20ClN3O3. The highest BCUT2D eigenvalue weighted by atomic mass is 35.5. The molecule has 0 radical (unpaired) electrons. The summed E-state index contributed by atoms with van der Waals surface area (Å²) in [6.45, 7) is 1.12. The summed E-state index contributed by atoms with van der Waals surface area (Å²) >= 11 is 0. The summed E-state index contributed by atoms with van der Waals surface area (Å²) in [6, 6.07) is 10.6. The largest absolute Gasteiger partial charge is 0.459 e. The van der Waals surface area contributed by atoms with Crippen molar-refractivity contribution in [2.45, 2.75) is 13.0 Å². The number of benzene rings is 1. The van der Waals surface area contributed by atoms with Crippen molar-refractivity contribution in [3.05, 3.63) is 54.0 Å². The minimum atomic E-state index is -0.293. The zero-order chi connectivity index (χ0) is 15.8. The Labute approximate surface area is 141 Å². The molecule has 0 saturated heterocycles. The van der Waals surface area contributed by atoms with E-state index in [1.807, 2.05) is 19.2 Å². The van der Waals surface area contributed by atoms with E-state index in [2.05, 4.69) is 16.0 Å². The first-order chi connectivity index (χ1) is 10.7. The van der Waals surface area contributed by atoms with Gasteiger partial charge in [-0.2, -0.15) is 0 Å². The van der Waals surface area contributed by atoms with Crippen LogP contribution in [0.5, 0.6) is 0 Å².